The highest BCUT2D eigenvalue weighted by Gasteiger charge is 2.68. The number of hydrogen-bond donors (Lipinski definition) is 3. The number of amides is 1. The maximum atomic E-state index is 12.2. The van der Waals surface area contributed by atoms with Crippen molar-refractivity contribution < 1.29 is 4.79 Å². The summed E-state index contributed by atoms with van der Waals surface area (Å²) in [5.41, 5.74) is 6.12. The average molecular weight is 266 g/mol. The Morgan fingerprint density at radius 1 is 1.44 bits per heavy atom. The van der Waals surface area contributed by atoms with Crippen molar-refractivity contribution in [2.24, 2.45) is 22.5 Å². The van der Waals surface area contributed by atoms with Gasteiger partial charge in [-0.25, -0.2) is 0 Å². The van der Waals surface area contributed by atoms with Gasteiger partial charge in [-0.15, -0.1) is 0 Å². The van der Waals surface area contributed by atoms with Crippen LogP contribution in [0.4, 0.5) is 5.82 Å². The van der Waals surface area contributed by atoms with Crippen molar-refractivity contribution >= 4 is 28.9 Å². The lowest BCUT2D eigenvalue weighted by Crippen LogP contribution is -2.20. The minimum absolute atomic E-state index is 0.000488. The average Bonchev–Trinajstić information content (AvgIpc) is 2.59. The first-order valence-corrected chi connectivity index (χ1v) is 6.24. The first kappa shape index (κ1) is 13.0. The normalized spacial score (nSPS) is 20.4. The van der Waals surface area contributed by atoms with E-state index >= 15 is 0 Å². The highest BCUT2D eigenvalue weighted by Crippen LogP contribution is 2.68. The van der Waals surface area contributed by atoms with Gasteiger partial charge in [-0.1, -0.05) is 39.9 Å². The van der Waals surface area contributed by atoms with Crippen molar-refractivity contribution in [3.63, 3.8) is 0 Å². The summed E-state index contributed by atoms with van der Waals surface area (Å²) >= 11 is 4.89. The molecule has 98 valence electrons. The van der Waals surface area contributed by atoms with Crippen LogP contribution in [0.15, 0.2) is 6.20 Å². The molecule has 18 heavy (non-hydrogen) atoms. The third-order valence-electron chi connectivity index (χ3n) is 4.44. The molecule has 1 fully saturated rings. The smallest absolute Gasteiger partial charge is 0.229 e. The number of nitrogens with two attached hydrogens (primary N) is 1. The predicted molar refractivity (Wildman–Crippen MR) is 74.2 cm³/mol. The van der Waals surface area contributed by atoms with E-state index in [0.29, 0.717) is 11.4 Å². The van der Waals surface area contributed by atoms with E-state index in [1.165, 1.54) is 6.20 Å². The number of carbonyl (C=O) groups is 1. The van der Waals surface area contributed by atoms with Crippen molar-refractivity contribution in [1.82, 2.24) is 10.2 Å². The Morgan fingerprint density at radius 2 is 2.00 bits per heavy atom. The number of aromatic amines is 1. The zero-order chi connectivity index (χ0) is 13.7. The minimum atomic E-state index is -0.0215. The second-order valence-corrected chi connectivity index (χ2v) is 6.33. The second-order valence-electron chi connectivity index (χ2n) is 5.89. The maximum absolute atomic E-state index is 12.2. The molecule has 0 saturated heterocycles. The lowest BCUT2D eigenvalue weighted by molar-refractivity contribution is -0.118. The first-order chi connectivity index (χ1) is 8.19. The molecule has 6 heteroatoms. The van der Waals surface area contributed by atoms with E-state index in [1.54, 1.807) is 0 Å². The Hall–Kier alpha value is -1.43. The summed E-state index contributed by atoms with van der Waals surface area (Å²) in [7, 11) is 0. The zero-order valence-corrected chi connectivity index (χ0v) is 11.8. The van der Waals surface area contributed by atoms with Crippen molar-refractivity contribution in [3.8, 4) is 0 Å². The lowest BCUT2D eigenvalue weighted by atomic mass is 10.0. The van der Waals surface area contributed by atoms with Crippen LogP contribution in [0.2, 0.25) is 0 Å². The maximum Gasteiger partial charge on any atom is 0.229 e. The molecular weight excluding hydrogens is 248 g/mol. The van der Waals surface area contributed by atoms with Crippen LogP contribution in [0.25, 0.3) is 0 Å². The van der Waals surface area contributed by atoms with E-state index in [0.717, 1.165) is 0 Å². The van der Waals surface area contributed by atoms with E-state index in [9.17, 15) is 4.79 Å². The third-order valence-corrected chi connectivity index (χ3v) is 4.66. The van der Waals surface area contributed by atoms with Crippen LogP contribution < -0.4 is 11.1 Å². The molecule has 0 radical (unpaired) electrons. The topological polar surface area (TPSA) is 83.8 Å². The van der Waals surface area contributed by atoms with Crippen LogP contribution in [0.1, 0.15) is 33.3 Å². The van der Waals surface area contributed by atoms with Gasteiger partial charge in [-0.3, -0.25) is 9.89 Å². The first-order valence-electron chi connectivity index (χ1n) is 5.83. The van der Waals surface area contributed by atoms with Gasteiger partial charge in [0, 0.05) is 5.92 Å². The molecule has 2 rings (SSSR count). The number of nitrogens with one attached hydrogen (secondary N) is 2. The van der Waals surface area contributed by atoms with Gasteiger partial charge < -0.3 is 11.1 Å². The van der Waals surface area contributed by atoms with Crippen LogP contribution in [0.3, 0.4) is 0 Å². The molecule has 4 N–H and O–H groups in total. The second kappa shape index (κ2) is 3.78. The molecular formula is C12H18N4OS. The van der Waals surface area contributed by atoms with Gasteiger partial charge >= 0.3 is 0 Å². The molecule has 1 heterocycles. The molecule has 5 nitrogen and oxygen atoms in total. The van der Waals surface area contributed by atoms with Gasteiger partial charge in [0.1, 0.15) is 10.8 Å². The summed E-state index contributed by atoms with van der Waals surface area (Å²) in [5, 5.41) is 9.37. The Bertz CT molecular complexity index is 504. The Kier molecular flexibility index (Phi) is 2.73. The molecule has 0 atom stereocenters. The molecule has 1 amide bonds. The molecule has 0 spiro atoms. The molecule has 0 aliphatic heterocycles. The van der Waals surface area contributed by atoms with E-state index in [-0.39, 0.29) is 27.6 Å². The van der Waals surface area contributed by atoms with E-state index < -0.39 is 0 Å². The molecule has 1 saturated carbocycles. The Labute approximate surface area is 112 Å². The van der Waals surface area contributed by atoms with Gasteiger partial charge in [-0.05, 0) is 10.8 Å². The van der Waals surface area contributed by atoms with Gasteiger partial charge in [-0.2, -0.15) is 5.10 Å². The number of thiocarbonyl (C=S) groups is 1. The van der Waals surface area contributed by atoms with E-state index in [2.05, 4.69) is 43.2 Å². The van der Waals surface area contributed by atoms with Crippen molar-refractivity contribution in [2.75, 3.05) is 5.32 Å². The fourth-order valence-corrected chi connectivity index (χ4v) is 2.77. The van der Waals surface area contributed by atoms with E-state index in [4.69, 9.17) is 18.0 Å². The summed E-state index contributed by atoms with van der Waals surface area (Å²) in [6.07, 6.45) is 1.52. The van der Waals surface area contributed by atoms with Gasteiger partial charge in [0.25, 0.3) is 0 Å². The molecule has 1 aromatic heterocycles. The van der Waals surface area contributed by atoms with Crippen LogP contribution in [0, 0.1) is 16.7 Å². The van der Waals surface area contributed by atoms with Crippen LogP contribution in [-0.2, 0) is 4.79 Å². The summed E-state index contributed by atoms with van der Waals surface area (Å²) in [4.78, 5) is 12.5. The number of anilines is 1. The minimum Gasteiger partial charge on any atom is -0.389 e. The van der Waals surface area contributed by atoms with E-state index in [1.807, 2.05) is 0 Å². The fraction of sp³-hybridized carbons (Fsp3) is 0.583. The predicted octanol–water partition coefficient (Wildman–Crippen LogP) is 1.66. The number of hydrogen-bond acceptors (Lipinski definition) is 3. The molecule has 1 aliphatic rings. The van der Waals surface area contributed by atoms with Gasteiger partial charge in [0.05, 0.1) is 11.8 Å². The molecule has 0 bridgehead atoms. The molecule has 0 aromatic carbocycles. The summed E-state index contributed by atoms with van der Waals surface area (Å²) in [5.74, 6) is 0.435. The van der Waals surface area contributed by atoms with Crippen LogP contribution in [-0.4, -0.2) is 21.1 Å². The third kappa shape index (κ3) is 1.71. The zero-order valence-electron chi connectivity index (χ0n) is 11.0. The summed E-state index contributed by atoms with van der Waals surface area (Å²) in [6, 6.07) is 0. The largest absolute Gasteiger partial charge is 0.389 e. The summed E-state index contributed by atoms with van der Waals surface area (Å²) < 4.78 is 0. The highest BCUT2D eigenvalue weighted by molar-refractivity contribution is 7.80. The summed E-state index contributed by atoms with van der Waals surface area (Å²) in [6.45, 7) is 8.38. The number of rotatable bonds is 3. The van der Waals surface area contributed by atoms with Crippen molar-refractivity contribution in [2.45, 2.75) is 27.7 Å². The number of H-pyrrole nitrogens is 1. The monoisotopic (exact) mass is 266 g/mol. The number of carbonyl (C=O) groups excluding carboxylic acids is 1. The Balaban J connectivity index is 2.15. The standard InChI is InChI=1S/C12H18N4OS/c1-11(2)7(12(11,3)4)10(17)15-9-6(8(13)18)5-14-16-9/h5,7H,1-4H3,(H2,13,18)(H2,14,15,16,17). The highest BCUT2D eigenvalue weighted by atomic mass is 32.1. The van der Waals surface area contributed by atoms with Gasteiger partial charge in [0.15, 0.2) is 0 Å². The SMILES string of the molecule is CC1(C)C(C(=O)Nc2[nH]ncc2C(N)=S)C1(C)C. The van der Waals surface area contributed by atoms with Crippen molar-refractivity contribution in [1.29, 1.82) is 0 Å². The fourth-order valence-electron chi connectivity index (χ4n) is 2.62. The van der Waals surface area contributed by atoms with Crippen LogP contribution in [0.5, 0.6) is 0 Å². The molecule has 1 aliphatic carbocycles. The lowest BCUT2D eigenvalue weighted by Gasteiger charge is -2.06. The number of nitrogens with zero attached hydrogens (tertiary/aromatic N) is 1. The van der Waals surface area contributed by atoms with Crippen molar-refractivity contribution in [3.05, 3.63) is 11.8 Å². The van der Waals surface area contributed by atoms with Gasteiger partial charge in [0.2, 0.25) is 5.91 Å². The number of aromatic nitrogens is 2. The molecule has 0 unspecified atom stereocenters. The Morgan fingerprint density at radius 3 is 2.44 bits per heavy atom. The quantitative estimate of drug-likeness (QED) is 0.727. The van der Waals surface area contributed by atoms with Crippen LogP contribution >= 0.6 is 12.2 Å². The molecule has 1 aromatic rings.